The minimum atomic E-state index is 0.796. The molecule has 2 aromatic rings. The zero-order valence-corrected chi connectivity index (χ0v) is 22.2. The molecule has 0 fully saturated rings. The first-order valence-electron chi connectivity index (χ1n) is 12.4. The first-order valence-corrected chi connectivity index (χ1v) is 12.4. The number of hydrogen-bond acceptors (Lipinski definition) is 0. The maximum absolute atomic E-state index is 2.32. The second-order valence-corrected chi connectivity index (χ2v) is 6.77. The number of benzene rings is 2. The Balaban J connectivity index is 0. The van der Waals surface area contributed by atoms with E-state index in [9.17, 15) is 0 Å². The van der Waals surface area contributed by atoms with Gasteiger partial charge in [-0.05, 0) is 84.9 Å². The highest BCUT2D eigenvalue weighted by molar-refractivity contribution is 5.72. The number of hydrogen-bond donors (Lipinski definition) is 0. The normalized spacial score (nSPS) is 14.1. The highest BCUT2D eigenvalue weighted by atomic mass is 14.2. The summed E-state index contributed by atoms with van der Waals surface area (Å²) in [4.78, 5) is 0. The first kappa shape index (κ1) is 30.4. The second-order valence-electron chi connectivity index (χ2n) is 6.77. The van der Waals surface area contributed by atoms with Crippen LogP contribution in [0.1, 0.15) is 115 Å². The second kappa shape index (κ2) is 18.0. The van der Waals surface area contributed by atoms with E-state index >= 15 is 0 Å². The minimum absolute atomic E-state index is 0.796. The van der Waals surface area contributed by atoms with Gasteiger partial charge >= 0.3 is 0 Å². The van der Waals surface area contributed by atoms with Gasteiger partial charge in [-0.2, -0.15) is 0 Å². The van der Waals surface area contributed by atoms with Gasteiger partial charge in [0.05, 0.1) is 0 Å². The fraction of sp³-hybridized carbons (Fsp3) is 0.533. The van der Waals surface area contributed by atoms with E-state index in [1.54, 1.807) is 11.1 Å². The van der Waals surface area contributed by atoms with E-state index in [0.29, 0.717) is 0 Å². The number of allylic oxidation sites excluding steroid dienone is 2. The summed E-state index contributed by atoms with van der Waals surface area (Å²) in [5.74, 6) is 0.796. The third kappa shape index (κ3) is 8.50. The Kier molecular flexibility index (Phi) is 18.2. The average Bonchev–Trinajstić information content (AvgIpc) is 3.39. The van der Waals surface area contributed by atoms with Gasteiger partial charge in [-0.25, -0.2) is 0 Å². The molecule has 30 heavy (non-hydrogen) atoms. The van der Waals surface area contributed by atoms with Crippen LogP contribution in [0.15, 0.2) is 42.5 Å². The summed E-state index contributed by atoms with van der Waals surface area (Å²) in [6.07, 6.45) is 6.08. The average molecular weight is 411 g/mol. The molecule has 1 unspecified atom stereocenters. The summed E-state index contributed by atoms with van der Waals surface area (Å²) in [6.45, 7) is 24.9. The Morgan fingerprint density at radius 2 is 1.17 bits per heavy atom. The molecule has 0 aromatic heterocycles. The Morgan fingerprint density at radius 1 is 0.667 bits per heavy atom. The maximum atomic E-state index is 2.32. The van der Waals surface area contributed by atoms with Crippen molar-refractivity contribution in [3.8, 4) is 0 Å². The zero-order valence-electron chi connectivity index (χ0n) is 22.2. The summed E-state index contributed by atoms with van der Waals surface area (Å²) < 4.78 is 0. The van der Waals surface area contributed by atoms with E-state index in [4.69, 9.17) is 0 Å². The number of rotatable bonds is 0. The molecule has 0 spiro atoms. The summed E-state index contributed by atoms with van der Waals surface area (Å²) >= 11 is 0. The van der Waals surface area contributed by atoms with Crippen molar-refractivity contribution < 1.29 is 0 Å². The summed E-state index contributed by atoms with van der Waals surface area (Å²) in [7, 11) is 0. The zero-order chi connectivity index (χ0) is 23.7. The molecule has 0 bridgehead atoms. The van der Waals surface area contributed by atoms with E-state index in [1.165, 1.54) is 40.7 Å². The fourth-order valence-electron chi connectivity index (χ4n) is 3.75. The molecular weight excluding hydrogens is 360 g/mol. The molecule has 0 aliphatic heterocycles. The fourth-order valence-corrected chi connectivity index (χ4v) is 3.75. The van der Waals surface area contributed by atoms with Gasteiger partial charge in [-0.3, -0.25) is 0 Å². The minimum Gasteiger partial charge on any atom is -0.0766 e. The van der Waals surface area contributed by atoms with Gasteiger partial charge in [0.25, 0.3) is 0 Å². The molecule has 0 radical (unpaired) electrons. The molecule has 0 nitrogen and oxygen atoms in total. The SMILES string of the molecule is CC.CC.CC.CC.CC1=CCc2c(C)cccc21.Cc1cccc2c1CCC2C. The third-order valence-corrected chi connectivity index (χ3v) is 5.25. The molecule has 0 saturated heterocycles. The van der Waals surface area contributed by atoms with Crippen LogP contribution in [0.4, 0.5) is 0 Å². The highest BCUT2D eigenvalue weighted by Crippen LogP contribution is 2.34. The van der Waals surface area contributed by atoms with Crippen molar-refractivity contribution in [3.63, 3.8) is 0 Å². The van der Waals surface area contributed by atoms with E-state index in [2.05, 4.69) is 70.2 Å². The lowest BCUT2D eigenvalue weighted by Gasteiger charge is -2.04. The van der Waals surface area contributed by atoms with Crippen molar-refractivity contribution in [1.82, 2.24) is 0 Å². The summed E-state index contributed by atoms with van der Waals surface area (Å²) in [5.41, 5.74) is 10.5. The van der Waals surface area contributed by atoms with Crippen LogP contribution < -0.4 is 0 Å². The Bertz CT molecular complexity index is 707. The van der Waals surface area contributed by atoms with E-state index < -0.39 is 0 Å². The van der Waals surface area contributed by atoms with Crippen molar-refractivity contribution in [2.75, 3.05) is 0 Å². The van der Waals surface area contributed by atoms with Crippen molar-refractivity contribution in [2.45, 2.75) is 108 Å². The highest BCUT2D eigenvalue weighted by Gasteiger charge is 2.18. The Morgan fingerprint density at radius 3 is 1.67 bits per heavy atom. The smallest absolute Gasteiger partial charge is 0.00828 e. The summed E-state index contributed by atoms with van der Waals surface area (Å²) in [5, 5.41) is 0. The van der Waals surface area contributed by atoms with Gasteiger partial charge in [0.15, 0.2) is 0 Å². The van der Waals surface area contributed by atoms with Gasteiger partial charge in [0.1, 0.15) is 0 Å². The molecule has 0 N–H and O–H groups in total. The van der Waals surface area contributed by atoms with Gasteiger partial charge in [0, 0.05) is 0 Å². The third-order valence-electron chi connectivity index (χ3n) is 5.25. The lowest BCUT2D eigenvalue weighted by atomic mass is 10.0. The molecule has 0 saturated carbocycles. The van der Waals surface area contributed by atoms with Crippen LogP contribution in [0.3, 0.4) is 0 Å². The quantitative estimate of drug-likeness (QED) is 0.405. The molecule has 4 rings (SSSR count). The van der Waals surface area contributed by atoms with Crippen LogP contribution in [0.2, 0.25) is 0 Å². The maximum Gasteiger partial charge on any atom is -0.00828 e. The van der Waals surface area contributed by atoms with Crippen molar-refractivity contribution in [1.29, 1.82) is 0 Å². The number of fused-ring (bicyclic) bond motifs is 2. The molecular formula is C30H50. The molecule has 2 aromatic carbocycles. The number of aryl methyl sites for hydroxylation is 2. The summed E-state index contributed by atoms with van der Waals surface area (Å²) in [6, 6.07) is 13.2. The van der Waals surface area contributed by atoms with E-state index in [1.807, 2.05) is 55.4 Å². The monoisotopic (exact) mass is 410 g/mol. The predicted octanol–water partition coefficient (Wildman–Crippen LogP) is 10.1. The molecule has 0 amide bonds. The van der Waals surface area contributed by atoms with Crippen LogP contribution in [-0.2, 0) is 12.8 Å². The van der Waals surface area contributed by atoms with E-state index in [-0.39, 0.29) is 0 Å². The molecule has 0 heteroatoms. The lowest BCUT2D eigenvalue weighted by Crippen LogP contribution is -1.87. The predicted molar refractivity (Wildman–Crippen MR) is 142 cm³/mol. The van der Waals surface area contributed by atoms with Gasteiger partial charge in [-0.15, -0.1) is 0 Å². The Hall–Kier alpha value is -1.82. The van der Waals surface area contributed by atoms with Crippen LogP contribution in [-0.4, -0.2) is 0 Å². The standard InChI is InChI=1S/C11H14.C11H12.4C2H6/c2*1-8-4-3-5-10-9(2)6-7-11(8)10;4*1-2/h3-5,9H,6-7H2,1-2H3;3-6H,7H2,1-2H3;4*1-2H3. The largest absolute Gasteiger partial charge is 0.0766 e. The van der Waals surface area contributed by atoms with Crippen molar-refractivity contribution in [3.05, 3.63) is 75.9 Å². The molecule has 170 valence electrons. The van der Waals surface area contributed by atoms with Crippen molar-refractivity contribution in [2.24, 2.45) is 0 Å². The molecule has 1 atom stereocenters. The lowest BCUT2D eigenvalue weighted by molar-refractivity contribution is 0.747. The van der Waals surface area contributed by atoms with Crippen LogP contribution in [0.5, 0.6) is 0 Å². The van der Waals surface area contributed by atoms with Crippen LogP contribution in [0, 0.1) is 13.8 Å². The van der Waals surface area contributed by atoms with Gasteiger partial charge < -0.3 is 0 Å². The van der Waals surface area contributed by atoms with Gasteiger partial charge in [-0.1, -0.05) is 105 Å². The molecule has 0 heterocycles. The van der Waals surface area contributed by atoms with Crippen LogP contribution >= 0.6 is 0 Å². The van der Waals surface area contributed by atoms with Crippen molar-refractivity contribution >= 4 is 5.57 Å². The van der Waals surface area contributed by atoms with Crippen LogP contribution in [0.25, 0.3) is 5.57 Å². The van der Waals surface area contributed by atoms with Gasteiger partial charge in [0.2, 0.25) is 0 Å². The topological polar surface area (TPSA) is 0 Å². The van der Waals surface area contributed by atoms with E-state index in [0.717, 1.165) is 12.3 Å². The first-order chi connectivity index (χ1) is 14.6. The molecule has 2 aliphatic carbocycles. The Labute approximate surface area is 189 Å². The molecule has 2 aliphatic rings.